The highest BCUT2D eigenvalue weighted by atomic mass is 16.6. The summed E-state index contributed by atoms with van der Waals surface area (Å²) in [7, 11) is 3.36. The van der Waals surface area contributed by atoms with Crippen molar-refractivity contribution in [3.05, 3.63) is 220 Å². The zero-order chi connectivity index (χ0) is 87.0. The number of fused-ring (bicyclic) bond motifs is 6. The summed E-state index contributed by atoms with van der Waals surface area (Å²) in [6.07, 6.45) is 15.3. The average Bonchev–Trinajstić information content (AvgIpc) is 1.62. The van der Waals surface area contributed by atoms with Crippen molar-refractivity contribution in [1.29, 1.82) is 0 Å². The highest BCUT2D eigenvalue weighted by molar-refractivity contribution is 5.82. The van der Waals surface area contributed by atoms with Crippen molar-refractivity contribution in [3.63, 3.8) is 0 Å². The van der Waals surface area contributed by atoms with Crippen LogP contribution < -0.4 is 28.4 Å². The Labute approximate surface area is 723 Å². The van der Waals surface area contributed by atoms with Gasteiger partial charge in [0.15, 0.2) is 0 Å². The molecular formula is C104H150O16. The summed E-state index contributed by atoms with van der Waals surface area (Å²) >= 11 is 0. The van der Waals surface area contributed by atoms with Gasteiger partial charge < -0.3 is 75.8 Å². The van der Waals surface area contributed by atoms with Crippen molar-refractivity contribution in [1.82, 2.24) is 0 Å². The molecule has 0 spiro atoms. The summed E-state index contributed by atoms with van der Waals surface area (Å²) in [5.41, 5.74) is 13.5. The van der Waals surface area contributed by atoms with Gasteiger partial charge in [0, 0.05) is 14.2 Å². The van der Waals surface area contributed by atoms with E-state index >= 15 is 0 Å². The molecule has 19 rings (SSSR count). The SMILES string of the molecule is C1CC2C3CCC(C3)C2C1.CC.CC.CC.CC.CC.CC.CC(=Cc1ccc(OCC2CO2)cc1)Cc1ccc(OCC2CO2)cc1.COCC1CO1.COCC1CO1.Cc1cc(C)c(OCC2CO2)c(C)c1.Cc1cc(C)c(OCC2CO2)c(C)c1.c1cc(-c2ccc(OCC3CO3)cc2)ccc1OCC1CO1.c1ccc2ccccc2c1. The van der Waals surface area contributed by atoms with Gasteiger partial charge >= 0.3 is 0 Å². The van der Waals surface area contributed by atoms with E-state index in [2.05, 4.69) is 176 Å². The van der Waals surface area contributed by atoms with E-state index in [9.17, 15) is 0 Å². The number of ether oxygens (including phenoxy) is 16. The fourth-order valence-corrected chi connectivity index (χ4v) is 14.2. The number of methoxy groups -OCH3 is 2. The lowest BCUT2D eigenvalue weighted by Gasteiger charge is -2.23. The summed E-state index contributed by atoms with van der Waals surface area (Å²) < 4.78 is 84.0. The third-order valence-electron chi connectivity index (χ3n) is 20.5. The minimum atomic E-state index is 0.285. The first-order chi connectivity index (χ1) is 58.7. The van der Waals surface area contributed by atoms with Crippen molar-refractivity contribution in [2.75, 3.05) is 120 Å². The van der Waals surface area contributed by atoms with E-state index in [1.165, 1.54) is 84.5 Å². The summed E-state index contributed by atoms with van der Waals surface area (Å²) in [6, 6.07) is 58.0. The number of hydrogen-bond donors (Lipinski definition) is 0. The molecule has 2 bridgehead atoms. The van der Waals surface area contributed by atoms with Gasteiger partial charge in [0.05, 0.1) is 66.1 Å². The summed E-state index contributed by atoms with van der Waals surface area (Å²) in [5.74, 6) is 10.4. The molecule has 16 nitrogen and oxygen atoms in total. The molecule has 12 atom stereocenters. The van der Waals surface area contributed by atoms with Crippen LogP contribution in [0.3, 0.4) is 0 Å². The first kappa shape index (κ1) is 101. The van der Waals surface area contributed by atoms with Crippen LogP contribution in [0.2, 0.25) is 0 Å². The number of epoxide rings is 8. The maximum atomic E-state index is 5.72. The lowest BCUT2D eigenvalue weighted by Crippen LogP contribution is -2.15. The molecule has 16 heteroatoms. The average molecular weight is 1660 g/mol. The molecule has 120 heavy (non-hydrogen) atoms. The van der Waals surface area contributed by atoms with Gasteiger partial charge in [0.2, 0.25) is 0 Å². The van der Waals surface area contributed by atoms with Crippen LogP contribution >= 0.6 is 0 Å². The zero-order valence-corrected chi connectivity index (χ0v) is 77.0. The fourth-order valence-electron chi connectivity index (χ4n) is 14.2. The Hall–Kier alpha value is -7.84. The van der Waals surface area contributed by atoms with E-state index in [4.69, 9.17) is 75.8 Å². The third kappa shape index (κ3) is 40.0. The van der Waals surface area contributed by atoms with Crippen molar-refractivity contribution >= 4 is 16.8 Å². The largest absolute Gasteiger partial charge is 0.491 e. The lowest BCUT2D eigenvalue weighted by molar-refractivity contribution is 0.171. The predicted octanol–water partition coefficient (Wildman–Crippen LogP) is 23.5. The molecule has 3 aliphatic carbocycles. The molecule has 11 fully saturated rings. The van der Waals surface area contributed by atoms with Gasteiger partial charge in [-0.15, -0.1) is 0 Å². The normalized spacial score (nSPS) is 22.2. The molecule has 0 N–H and O–H groups in total. The van der Waals surface area contributed by atoms with Crippen molar-refractivity contribution in [2.45, 2.75) is 225 Å². The molecule has 11 aliphatic rings. The van der Waals surface area contributed by atoms with Crippen LogP contribution in [0.25, 0.3) is 28.0 Å². The molecule has 0 amide bonds. The second kappa shape index (κ2) is 57.5. The molecule has 8 saturated heterocycles. The summed E-state index contributed by atoms with van der Waals surface area (Å²) in [6.45, 7) is 50.9. The fraction of sp³-hybridized carbons (Fsp3) is 0.538. The third-order valence-corrected chi connectivity index (χ3v) is 20.5. The van der Waals surface area contributed by atoms with Gasteiger partial charge in [-0.1, -0.05) is 234 Å². The summed E-state index contributed by atoms with van der Waals surface area (Å²) in [4.78, 5) is 0. The Balaban J connectivity index is 0.000000216. The van der Waals surface area contributed by atoms with Gasteiger partial charge in [-0.3, -0.25) is 0 Å². The monoisotopic (exact) mass is 1660 g/mol. The highest BCUT2D eigenvalue weighted by Crippen LogP contribution is 2.58. The Morgan fingerprint density at radius 1 is 0.325 bits per heavy atom. The van der Waals surface area contributed by atoms with Crippen molar-refractivity contribution in [3.8, 4) is 45.6 Å². The van der Waals surface area contributed by atoms with Crippen LogP contribution in [-0.4, -0.2) is 169 Å². The molecule has 8 aromatic carbocycles. The van der Waals surface area contributed by atoms with Crippen LogP contribution in [0.5, 0.6) is 34.5 Å². The van der Waals surface area contributed by atoms with E-state index < -0.39 is 0 Å². The van der Waals surface area contributed by atoms with Gasteiger partial charge in [0.25, 0.3) is 0 Å². The minimum Gasteiger partial charge on any atom is -0.491 e. The highest BCUT2D eigenvalue weighted by Gasteiger charge is 2.49. The topological polar surface area (TPSA) is 174 Å². The molecule has 8 heterocycles. The van der Waals surface area contributed by atoms with Crippen molar-refractivity contribution in [2.24, 2.45) is 23.7 Å². The number of hydrogen-bond acceptors (Lipinski definition) is 16. The molecule has 8 aliphatic heterocycles. The maximum absolute atomic E-state index is 5.72. The Bertz CT molecular complexity index is 3750. The maximum Gasteiger partial charge on any atom is 0.125 e. The van der Waals surface area contributed by atoms with E-state index in [0.717, 1.165) is 118 Å². The van der Waals surface area contributed by atoms with E-state index in [1.54, 1.807) is 52.7 Å². The van der Waals surface area contributed by atoms with Crippen molar-refractivity contribution < 1.29 is 75.8 Å². The second-order valence-corrected chi connectivity index (χ2v) is 30.2. The molecule has 12 unspecified atom stereocenters. The predicted molar refractivity (Wildman–Crippen MR) is 492 cm³/mol. The van der Waals surface area contributed by atoms with Gasteiger partial charge in [0.1, 0.15) is 123 Å². The lowest BCUT2D eigenvalue weighted by atomic mass is 9.82. The molecule has 0 aromatic heterocycles. The van der Waals surface area contributed by atoms with Crippen LogP contribution in [-0.2, 0) is 53.8 Å². The van der Waals surface area contributed by atoms with Gasteiger partial charge in [-0.25, -0.2) is 0 Å². The Morgan fingerprint density at radius 2 is 0.583 bits per heavy atom. The number of benzene rings is 8. The van der Waals surface area contributed by atoms with E-state index in [-0.39, 0.29) is 18.3 Å². The Kier molecular flexibility index (Phi) is 48.4. The quantitative estimate of drug-likeness (QED) is 0.0468. The minimum absolute atomic E-state index is 0.285. The van der Waals surface area contributed by atoms with Gasteiger partial charge in [-0.05, 0) is 214 Å². The first-order valence-corrected chi connectivity index (χ1v) is 45.1. The molecular weight excluding hydrogens is 1510 g/mol. The van der Waals surface area contributed by atoms with Crippen LogP contribution in [0, 0.1) is 65.2 Å². The smallest absolute Gasteiger partial charge is 0.125 e. The van der Waals surface area contributed by atoms with Gasteiger partial charge in [-0.2, -0.15) is 0 Å². The Morgan fingerprint density at radius 3 is 0.850 bits per heavy atom. The second-order valence-electron chi connectivity index (χ2n) is 30.2. The number of aryl methyl sites for hydroxylation is 6. The first-order valence-electron chi connectivity index (χ1n) is 45.1. The van der Waals surface area contributed by atoms with E-state index in [0.29, 0.717) is 70.2 Å². The number of rotatable bonds is 26. The molecule has 8 aromatic rings. The summed E-state index contributed by atoms with van der Waals surface area (Å²) in [5, 5.41) is 2.62. The van der Waals surface area contributed by atoms with Crippen LogP contribution in [0.15, 0.2) is 175 Å². The van der Waals surface area contributed by atoms with Crippen LogP contribution in [0.1, 0.15) is 173 Å². The molecule has 3 saturated carbocycles. The zero-order valence-electron chi connectivity index (χ0n) is 77.0. The standard InChI is InChI=1S/C22H24O4.C18H18O4.2C12H16O2.C10H16.C10H8.2C4H8O2.6C2H6/c1-16(10-17-2-6-19(7-3-17)23-12-21-14-25-21)11-18-4-8-20(9-5-18)24-13-22-15-26-22;1-5-15(19-9-17-11-21-17)6-2-13(1)14-3-7-16(8-4-14)20-10-18-12-22-18;2*1-8-4-9(2)12(10(3)5-8)14-7-11-6-13-11;1-2-9-7-4-5-8(6-7)10(9)3-1;1-2-6-10-8-4-3-7-9(10)5-1;2*1-5-2-4-3-6-4;6*1-2/h2-10,21-22H,11-15H2,1H3;1-8,17-18H,9-12H2;2*4-5,11H,6-7H2,1-3H3;7-10H,1-6H2;1-8H;2*4H,2-3H2,1H3;6*1-2H3. The van der Waals surface area contributed by atoms with E-state index in [1.807, 2.05) is 132 Å². The van der Waals surface area contributed by atoms with Crippen LogP contribution in [0.4, 0.5) is 0 Å². The molecule has 662 valence electrons. The molecule has 0 radical (unpaired) electrons. The number of allylic oxidation sites excluding steroid dienone is 1.